The molecule has 0 aliphatic carbocycles. The third-order valence-corrected chi connectivity index (χ3v) is 7.03. The van der Waals surface area contributed by atoms with Crippen LogP contribution in [0.4, 0.5) is 10.1 Å². The van der Waals surface area contributed by atoms with Crippen LogP contribution in [0.2, 0.25) is 0 Å². The van der Waals surface area contributed by atoms with Crippen molar-refractivity contribution in [1.29, 1.82) is 0 Å². The summed E-state index contributed by atoms with van der Waals surface area (Å²) in [5.41, 5.74) is 6.18. The van der Waals surface area contributed by atoms with E-state index in [1.165, 1.54) is 22.9 Å². The Kier molecular flexibility index (Phi) is 8.34. The van der Waals surface area contributed by atoms with Gasteiger partial charge in [0.25, 0.3) is 0 Å². The molecule has 4 rings (SSSR count). The standard InChI is InChI=1S/C29H36FN3O2/c1-21-7-4-5-9-28(21)32-14-16-33(17-15-32)29(34)13-12-26-23(8-6-18-35-3)20-27(31-26)24-10-11-25(30)22(2)19-24/h4-5,7,9-11,19-20,26H,6,8,12-18H2,1-3H3. The Morgan fingerprint density at radius 1 is 1.09 bits per heavy atom. The third-order valence-electron chi connectivity index (χ3n) is 7.03. The molecule has 1 fully saturated rings. The number of piperazine rings is 1. The lowest BCUT2D eigenvalue weighted by Crippen LogP contribution is -2.49. The Balaban J connectivity index is 1.36. The third kappa shape index (κ3) is 6.17. The quantitative estimate of drug-likeness (QED) is 0.472. The molecule has 2 aliphatic rings. The van der Waals surface area contributed by atoms with E-state index in [1.54, 1.807) is 20.1 Å². The Labute approximate surface area is 208 Å². The lowest BCUT2D eigenvalue weighted by molar-refractivity contribution is -0.131. The minimum atomic E-state index is -0.207. The van der Waals surface area contributed by atoms with Gasteiger partial charge in [0.15, 0.2) is 0 Å². The smallest absolute Gasteiger partial charge is 0.222 e. The van der Waals surface area contributed by atoms with Crippen LogP contribution in [0.1, 0.15) is 42.4 Å². The molecule has 6 heteroatoms. The number of carbonyl (C=O) groups excluding carboxylic acids is 1. The van der Waals surface area contributed by atoms with Gasteiger partial charge in [-0.3, -0.25) is 9.79 Å². The first kappa shape index (κ1) is 25.1. The zero-order chi connectivity index (χ0) is 24.8. The van der Waals surface area contributed by atoms with Crippen molar-refractivity contribution in [3.05, 3.63) is 76.6 Å². The van der Waals surface area contributed by atoms with Crippen LogP contribution in [0.5, 0.6) is 0 Å². The number of hydrogen-bond acceptors (Lipinski definition) is 4. The highest BCUT2D eigenvalue weighted by atomic mass is 19.1. The molecule has 5 nitrogen and oxygen atoms in total. The minimum absolute atomic E-state index is 0.00979. The maximum absolute atomic E-state index is 13.8. The van der Waals surface area contributed by atoms with Crippen molar-refractivity contribution in [3.63, 3.8) is 0 Å². The predicted molar refractivity (Wildman–Crippen MR) is 140 cm³/mol. The number of nitrogens with zero attached hydrogens (tertiary/aromatic N) is 3. The second kappa shape index (κ2) is 11.6. The summed E-state index contributed by atoms with van der Waals surface area (Å²) in [6.45, 7) is 7.80. The first-order chi connectivity index (χ1) is 17.0. The Hall–Kier alpha value is -2.99. The number of para-hydroxylation sites is 1. The normalized spacial score (nSPS) is 18.0. The summed E-state index contributed by atoms with van der Waals surface area (Å²) < 4.78 is 19.0. The van der Waals surface area contributed by atoms with Crippen LogP contribution >= 0.6 is 0 Å². The van der Waals surface area contributed by atoms with Crippen molar-refractivity contribution >= 4 is 17.3 Å². The van der Waals surface area contributed by atoms with Crippen molar-refractivity contribution in [2.45, 2.75) is 45.6 Å². The monoisotopic (exact) mass is 477 g/mol. The minimum Gasteiger partial charge on any atom is -0.385 e. The van der Waals surface area contributed by atoms with E-state index in [2.05, 4.69) is 42.2 Å². The number of aliphatic imine (C=N–C) groups is 1. The molecule has 2 heterocycles. The lowest BCUT2D eigenvalue weighted by Gasteiger charge is -2.37. The summed E-state index contributed by atoms with van der Waals surface area (Å²) in [5, 5.41) is 0. The fraction of sp³-hybridized carbons (Fsp3) is 0.448. The van der Waals surface area contributed by atoms with Crippen LogP contribution < -0.4 is 4.90 Å². The number of methoxy groups -OCH3 is 1. The largest absolute Gasteiger partial charge is 0.385 e. The highest BCUT2D eigenvalue weighted by Gasteiger charge is 2.26. The number of halogens is 1. The molecule has 35 heavy (non-hydrogen) atoms. The summed E-state index contributed by atoms with van der Waals surface area (Å²) in [6, 6.07) is 13.5. The Morgan fingerprint density at radius 3 is 2.57 bits per heavy atom. The molecule has 1 unspecified atom stereocenters. The van der Waals surface area contributed by atoms with Gasteiger partial charge in [-0.1, -0.05) is 18.2 Å². The van der Waals surface area contributed by atoms with Crippen LogP contribution in [0, 0.1) is 19.7 Å². The fourth-order valence-corrected chi connectivity index (χ4v) is 4.96. The maximum atomic E-state index is 13.8. The summed E-state index contributed by atoms with van der Waals surface area (Å²) in [4.78, 5) is 22.4. The van der Waals surface area contributed by atoms with E-state index in [9.17, 15) is 9.18 Å². The van der Waals surface area contributed by atoms with E-state index in [0.29, 0.717) is 25.0 Å². The number of carbonyl (C=O) groups is 1. The second-order valence-corrected chi connectivity index (χ2v) is 9.50. The lowest BCUT2D eigenvalue weighted by atomic mass is 9.98. The van der Waals surface area contributed by atoms with E-state index < -0.39 is 0 Å². The van der Waals surface area contributed by atoms with Crippen molar-refractivity contribution in [2.24, 2.45) is 4.99 Å². The molecule has 0 bridgehead atoms. The number of aryl methyl sites for hydroxylation is 2. The van der Waals surface area contributed by atoms with E-state index in [4.69, 9.17) is 9.73 Å². The average Bonchev–Trinajstić information content (AvgIpc) is 3.28. The molecular formula is C29H36FN3O2. The first-order valence-corrected chi connectivity index (χ1v) is 12.6. The molecule has 0 N–H and O–H groups in total. The molecule has 0 spiro atoms. The number of amides is 1. The van der Waals surface area contributed by atoms with Gasteiger partial charge in [0.2, 0.25) is 5.91 Å². The van der Waals surface area contributed by atoms with Gasteiger partial charge < -0.3 is 14.5 Å². The first-order valence-electron chi connectivity index (χ1n) is 12.6. The van der Waals surface area contributed by atoms with Crippen LogP contribution in [-0.4, -0.2) is 62.5 Å². The highest BCUT2D eigenvalue weighted by molar-refractivity contribution is 6.10. The van der Waals surface area contributed by atoms with Gasteiger partial charge in [-0.2, -0.15) is 0 Å². The number of allylic oxidation sites excluding steroid dienone is 1. The average molecular weight is 478 g/mol. The van der Waals surface area contributed by atoms with Gasteiger partial charge >= 0.3 is 0 Å². The molecule has 186 valence electrons. The molecule has 0 radical (unpaired) electrons. The second-order valence-electron chi connectivity index (χ2n) is 9.50. The molecule has 2 aromatic carbocycles. The number of benzene rings is 2. The molecule has 1 saturated heterocycles. The van der Waals surface area contributed by atoms with Gasteiger partial charge in [0, 0.05) is 57.6 Å². The van der Waals surface area contributed by atoms with E-state index in [1.807, 2.05) is 11.0 Å². The van der Waals surface area contributed by atoms with Crippen molar-refractivity contribution in [1.82, 2.24) is 4.90 Å². The number of hydrogen-bond donors (Lipinski definition) is 0. The van der Waals surface area contributed by atoms with Gasteiger partial charge in [-0.25, -0.2) is 4.39 Å². The highest BCUT2D eigenvalue weighted by Crippen LogP contribution is 2.27. The zero-order valence-electron chi connectivity index (χ0n) is 21.1. The van der Waals surface area contributed by atoms with Crippen LogP contribution in [0.15, 0.2) is 59.1 Å². The molecule has 2 aliphatic heterocycles. The number of rotatable bonds is 9. The van der Waals surface area contributed by atoms with E-state index in [-0.39, 0.29) is 17.8 Å². The van der Waals surface area contributed by atoms with E-state index >= 15 is 0 Å². The summed E-state index contributed by atoms with van der Waals surface area (Å²) in [5.74, 6) is -0.00624. The van der Waals surface area contributed by atoms with Crippen LogP contribution in [0.3, 0.4) is 0 Å². The van der Waals surface area contributed by atoms with Crippen molar-refractivity contribution < 1.29 is 13.9 Å². The predicted octanol–water partition coefficient (Wildman–Crippen LogP) is 5.10. The van der Waals surface area contributed by atoms with Gasteiger partial charge in [-0.05, 0) is 80.2 Å². The zero-order valence-corrected chi connectivity index (χ0v) is 21.1. The molecular weight excluding hydrogens is 441 g/mol. The molecule has 1 atom stereocenters. The van der Waals surface area contributed by atoms with Crippen LogP contribution in [-0.2, 0) is 9.53 Å². The summed E-state index contributed by atoms with van der Waals surface area (Å²) in [6.07, 6.45) is 5.10. The molecule has 2 aromatic rings. The summed E-state index contributed by atoms with van der Waals surface area (Å²) >= 11 is 0. The Bertz CT molecular complexity index is 1100. The van der Waals surface area contributed by atoms with Crippen molar-refractivity contribution in [3.8, 4) is 0 Å². The SMILES string of the molecule is COCCCC1=CC(c2ccc(F)c(C)c2)=NC1CCC(=O)N1CCN(c2ccccc2C)CC1. The van der Waals surface area contributed by atoms with Crippen molar-refractivity contribution in [2.75, 3.05) is 44.8 Å². The maximum Gasteiger partial charge on any atom is 0.222 e. The Morgan fingerprint density at radius 2 is 1.86 bits per heavy atom. The summed E-state index contributed by atoms with van der Waals surface area (Å²) in [7, 11) is 1.71. The van der Waals surface area contributed by atoms with Gasteiger partial charge in [0.05, 0.1) is 11.8 Å². The topological polar surface area (TPSA) is 45.1 Å². The van der Waals surface area contributed by atoms with Crippen LogP contribution in [0.25, 0.3) is 0 Å². The molecule has 0 aromatic heterocycles. The molecule has 1 amide bonds. The van der Waals surface area contributed by atoms with Gasteiger partial charge in [0.1, 0.15) is 5.82 Å². The number of anilines is 1. The fourth-order valence-electron chi connectivity index (χ4n) is 4.96. The van der Waals surface area contributed by atoms with E-state index in [0.717, 1.165) is 50.3 Å². The number of ether oxygens (including phenoxy) is 1. The van der Waals surface area contributed by atoms with Gasteiger partial charge in [-0.15, -0.1) is 0 Å². The molecule has 0 saturated carbocycles.